The predicted octanol–water partition coefficient (Wildman–Crippen LogP) is 1.25. The van der Waals surface area contributed by atoms with Crippen molar-refractivity contribution in [1.82, 2.24) is 14.8 Å². The number of rotatable bonds is 4. The van der Waals surface area contributed by atoms with E-state index in [9.17, 15) is 9.59 Å². The van der Waals surface area contributed by atoms with E-state index in [2.05, 4.69) is 21.2 Å². The molecule has 2 rings (SSSR count). The summed E-state index contributed by atoms with van der Waals surface area (Å²) in [5.41, 5.74) is 0.584. The monoisotopic (exact) mass is 357 g/mol. The summed E-state index contributed by atoms with van der Waals surface area (Å²) in [7, 11) is 0. The lowest BCUT2D eigenvalue weighted by atomic mass is 10.1. The van der Waals surface area contributed by atoms with Gasteiger partial charge in [-0.3, -0.25) is 4.79 Å². The number of carbonyl (C=O) groups excluding carboxylic acids is 2. The minimum atomic E-state index is -0.565. The first-order valence-electron chi connectivity index (χ1n) is 7.12. The molecule has 6 nitrogen and oxygen atoms in total. The molecule has 1 aromatic heterocycles. The first kappa shape index (κ1) is 16.0. The van der Waals surface area contributed by atoms with E-state index in [1.54, 1.807) is 17.9 Å². The molecule has 21 heavy (non-hydrogen) atoms. The van der Waals surface area contributed by atoms with Gasteiger partial charge < -0.3 is 19.5 Å². The Morgan fingerprint density at radius 3 is 2.90 bits per heavy atom. The van der Waals surface area contributed by atoms with Gasteiger partial charge in [-0.05, 0) is 35.8 Å². The maximum atomic E-state index is 12.8. The number of aryl methyl sites for hydroxylation is 1. The van der Waals surface area contributed by atoms with Crippen LogP contribution in [0.2, 0.25) is 0 Å². The summed E-state index contributed by atoms with van der Waals surface area (Å²) >= 11 is 3.39. The highest BCUT2D eigenvalue weighted by molar-refractivity contribution is 9.10. The number of hydrogen-bond donors (Lipinski definition) is 1. The van der Waals surface area contributed by atoms with Gasteiger partial charge in [-0.2, -0.15) is 0 Å². The van der Waals surface area contributed by atoms with Gasteiger partial charge in [-0.15, -0.1) is 0 Å². The predicted molar refractivity (Wildman–Crippen MR) is 82.1 cm³/mol. The summed E-state index contributed by atoms with van der Waals surface area (Å²) < 4.78 is 7.80. The molecular weight excluding hydrogens is 338 g/mol. The molecule has 0 radical (unpaired) electrons. The molecule has 2 heterocycles. The Kier molecular flexibility index (Phi) is 5.41. The number of amides is 1. The Labute approximate surface area is 132 Å². The lowest BCUT2D eigenvalue weighted by Crippen LogP contribution is -2.57. The highest BCUT2D eigenvalue weighted by Crippen LogP contribution is 2.19. The van der Waals surface area contributed by atoms with Gasteiger partial charge in [0.1, 0.15) is 11.7 Å². The van der Waals surface area contributed by atoms with Gasteiger partial charge in [0.15, 0.2) is 0 Å². The third-order valence-electron chi connectivity index (χ3n) is 3.49. The Morgan fingerprint density at radius 1 is 1.48 bits per heavy atom. The number of ether oxygens (including phenoxy) is 1. The second kappa shape index (κ2) is 7.09. The van der Waals surface area contributed by atoms with Crippen molar-refractivity contribution in [2.75, 3.05) is 26.2 Å². The highest BCUT2D eigenvalue weighted by Gasteiger charge is 2.34. The van der Waals surface area contributed by atoms with E-state index in [4.69, 9.17) is 4.74 Å². The largest absolute Gasteiger partial charge is 0.464 e. The van der Waals surface area contributed by atoms with Gasteiger partial charge in [0, 0.05) is 36.8 Å². The highest BCUT2D eigenvalue weighted by atomic mass is 79.9. The van der Waals surface area contributed by atoms with Crippen molar-refractivity contribution >= 4 is 27.8 Å². The lowest BCUT2D eigenvalue weighted by Gasteiger charge is -2.34. The maximum Gasteiger partial charge on any atom is 0.330 e. The van der Waals surface area contributed by atoms with Crippen LogP contribution in [0.25, 0.3) is 0 Å². The zero-order chi connectivity index (χ0) is 15.4. The molecule has 0 aromatic carbocycles. The molecule has 1 saturated heterocycles. The fraction of sp³-hybridized carbons (Fsp3) is 0.571. The van der Waals surface area contributed by atoms with Crippen LogP contribution in [-0.2, 0) is 16.1 Å². The molecule has 1 aliphatic heterocycles. The standard InChI is InChI=1S/C14H20BrN3O3/c1-3-17-9-10(15)7-11(17)13(19)18-6-5-16-8-12(18)14(20)21-4-2/h7,9,12,16H,3-6,8H2,1-2H3. The second-order valence-electron chi connectivity index (χ2n) is 4.80. The molecule has 1 unspecified atom stereocenters. The van der Waals surface area contributed by atoms with E-state index < -0.39 is 6.04 Å². The molecule has 7 heteroatoms. The van der Waals surface area contributed by atoms with E-state index in [0.29, 0.717) is 38.5 Å². The molecule has 0 saturated carbocycles. The van der Waals surface area contributed by atoms with Crippen molar-refractivity contribution in [2.45, 2.75) is 26.4 Å². The van der Waals surface area contributed by atoms with E-state index in [-0.39, 0.29) is 11.9 Å². The zero-order valence-electron chi connectivity index (χ0n) is 12.3. The summed E-state index contributed by atoms with van der Waals surface area (Å²) in [5, 5.41) is 3.13. The SMILES string of the molecule is CCOC(=O)C1CNCCN1C(=O)c1cc(Br)cn1CC. The number of esters is 1. The van der Waals surface area contributed by atoms with Crippen LogP contribution in [0, 0.1) is 0 Å². The van der Waals surface area contributed by atoms with Crippen molar-refractivity contribution in [3.63, 3.8) is 0 Å². The van der Waals surface area contributed by atoms with Crippen LogP contribution in [-0.4, -0.2) is 53.6 Å². The number of piperazine rings is 1. The average Bonchev–Trinajstić information content (AvgIpc) is 2.88. The van der Waals surface area contributed by atoms with Gasteiger partial charge in [-0.25, -0.2) is 4.79 Å². The third-order valence-corrected chi connectivity index (χ3v) is 3.92. The maximum absolute atomic E-state index is 12.8. The minimum Gasteiger partial charge on any atom is -0.464 e. The van der Waals surface area contributed by atoms with E-state index >= 15 is 0 Å². The van der Waals surface area contributed by atoms with Crippen molar-refractivity contribution in [2.24, 2.45) is 0 Å². The molecule has 0 bridgehead atoms. The van der Waals surface area contributed by atoms with Crippen LogP contribution in [0.15, 0.2) is 16.7 Å². The number of halogens is 1. The Hall–Kier alpha value is -1.34. The lowest BCUT2D eigenvalue weighted by molar-refractivity contribution is -0.149. The molecule has 1 aromatic rings. The number of carbonyl (C=O) groups is 2. The summed E-state index contributed by atoms with van der Waals surface area (Å²) in [6.07, 6.45) is 1.87. The fourth-order valence-corrected chi connectivity index (χ4v) is 2.92. The Balaban J connectivity index is 2.24. The fourth-order valence-electron chi connectivity index (χ4n) is 2.46. The molecule has 1 atom stereocenters. The molecule has 0 spiro atoms. The van der Waals surface area contributed by atoms with Gasteiger partial charge in [0.2, 0.25) is 0 Å². The molecule has 1 aliphatic rings. The molecular formula is C14H20BrN3O3. The topological polar surface area (TPSA) is 63.6 Å². The zero-order valence-corrected chi connectivity index (χ0v) is 13.9. The van der Waals surface area contributed by atoms with E-state index in [0.717, 1.165) is 4.47 Å². The Bertz CT molecular complexity index is 530. The number of nitrogens with one attached hydrogen (secondary N) is 1. The third kappa shape index (κ3) is 3.47. The van der Waals surface area contributed by atoms with Crippen molar-refractivity contribution in [1.29, 1.82) is 0 Å². The number of nitrogens with zero attached hydrogens (tertiary/aromatic N) is 2. The molecule has 1 fully saturated rings. The normalized spacial score (nSPS) is 18.6. The van der Waals surface area contributed by atoms with Crippen molar-refractivity contribution in [3.8, 4) is 0 Å². The van der Waals surface area contributed by atoms with Crippen LogP contribution in [0.4, 0.5) is 0 Å². The first-order valence-corrected chi connectivity index (χ1v) is 7.91. The van der Waals surface area contributed by atoms with Gasteiger partial charge in [0.25, 0.3) is 5.91 Å². The summed E-state index contributed by atoms with van der Waals surface area (Å²) in [5.74, 6) is -0.492. The molecule has 116 valence electrons. The smallest absolute Gasteiger partial charge is 0.330 e. The van der Waals surface area contributed by atoms with Crippen LogP contribution in [0.3, 0.4) is 0 Å². The number of hydrogen-bond acceptors (Lipinski definition) is 4. The number of aromatic nitrogens is 1. The van der Waals surface area contributed by atoms with Gasteiger partial charge in [-0.1, -0.05) is 0 Å². The molecule has 0 aliphatic carbocycles. The van der Waals surface area contributed by atoms with Crippen LogP contribution in [0.1, 0.15) is 24.3 Å². The Morgan fingerprint density at radius 2 is 2.24 bits per heavy atom. The second-order valence-corrected chi connectivity index (χ2v) is 5.72. The van der Waals surface area contributed by atoms with Crippen molar-refractivity contribution in [3.05, 3.63) is 22.4 Å². The molecule has 1 amide bonds. The minimum absolute atomic E-state index is 0.137. The quantitative estimate of drug-likeness (QED) is 0.823. The van der Waals surface area contributed by atoms with Crippen molar-refractivity contribution < 1.29 is 14.3 Å². The van der Waals surface area contributed by atoms with Crippen LogP contribution in [0.5, 0.6) is 0 Å². The van der Waals surface area contributed by atoms with Crippen LogP contribution < -0.4 is 5.32 Å². The molecule has 1 N–H and O–H groups in total. The average molecular weight is 358 g/mol. The summed E-state index contributed by atoms with van der Waals surface area (Å²) in [6, 6.07) is 1.22. The van der Waals surface area contributed by atoms with Gasteiger partial charge >= 0.3 is 5.97 Å². The first-order chi connectivity index (χ1) is 10.1. The summed E-state index contributed by atoms with van der Waals surface area (Å²) in [6.45, 7) is 6.35. The van der Waals surface area contributed by atoms with E-state index in [1.807, 2.05) is 17.7 Å². The summed E-state index contributed by atoms with van der Waals surface area (Å²) in [4.78, 5) is 26.4. The van der Waals surface area contributed by atoms with Gasteiger partial charge in [0.05, 0.1) is 6.61 Å². The van der Waals surface area contributed by atoms with E-state index in [1.165, 1.54) is 0 Å². The van der Waals surface area contributed by atoms with Crippen LogP contribution >= 0.6 is 15.9 Å².